The molecule has 1 saturated heterocycles. The number of sulfone groups is 1. The van der Waals surface area contributed by atoms with Gasteiger partial charge in [-0.05, 0) is 91.2 Å². The van der Waals surface area contributed by atoms with Gasteiger partial charge < -0.3 is 29.1 Å². The summed E-state index contributed by atoms with van der Waals surface area (Å²) < 4.78 is 58.9. The van der Waals surface area contributed by atoms with E-state index in [0.717, 1.165) is 66.1 Å². The number of aromatic nitrogens is 4. The molecule has 4 bridgehead atoms. The minimum Gasteiger partial charge on any atom is -0.493 e. The fraction of sp³-hybridized carbons (Fsp3) is 0.286. The van der Waals surface area contributed by atoms with E-state index in [1.54, 1.807) is 54.6 Å². The van der Waals surface area contributed by atoms with Crippen LogP contribution in [0, 0.1) is 18.7 Å². The molecular weight excluding hydrogens is 903 g/mol. The van der Waals surface area contributed by atoms with Gasteiger partial charge in [0.25, 0.3) is 0 Å². The fourth-order valence-corrected chi connectivity index (χ4v) is 10.8. The number of carboxylic acids is 1. The van der Waals surface area contributed by atoms with Gasteiger partial charge in [0.2, 0.25) is 12.0 Å². The second kappa shape index (κ2) is 19.1. The summed E-state index contributed by atoms with van der Waals surface area (Å²) in [6, 6.07) is 23.8. The van der Waals surface area contributed by atoms with Crippen LogP contribution in [0.4, 0.5) is 4.39 Å². The second-order valence-electron chi connectivity index (χ2n) is 16.7. The van der Waals surface area contributed by atoms with E-state index in [9.17, 15) is 22.7 Å². The topological polar surface area (TPSA) is 157 Å². The molecule has 0 unspecified atom stereocenters. The molecule has 66 heavy (non-hydrogen) atoms. The number of benzene rings is 4. The van der Waals surface area contributed by atoms with E-state index in [-0.39, 0.29) is 41.4 Å². The first kappa shape index (κ1) is 45.1. The summed E-state index contributed by atoms with van der Waals surface area (Å²) in [5, 5.41) is 11.9. The normalized spacial score (nSPS) is 17.2. The van der Waals surface area contributed by atoms with Crippen molar-refractivity contribution in [3.63, 3.8) is 0 Å². The summed E-state index contributed by atoms with van der Waals surface area (Å²) in [6.45, 7) is 6.80. The van der Waals surface area contributed by atoms with Crippen LogP contribution in [0.15, 0.2) is 102 Å². The number of rotatable bonds is 9. The number of carboxylic acid groups (broad SMARTS) is 1. The van der Waals surface area contributed by atoms with E-state index >= 15 is 0 Å². The molecule has 0 spiro atoms. The second-order valence-corrected chi connectivity index (χ2v) is 20.1. The zero-order valence-corrected chi connectivity index (χ0v) is 38.8. The Kier molecular flexibility index (Phi) is 13.0. The third-order valence-electron chi connectivity index (χ3n) is 12.0. The predicted molar refractivity (Wildman–Crippen MR) is 252 cm³/mol. The highest BCUT2D eigenvalue weighted by molar-refractivity contribution is 7.90. The van der Waals surface area contributed by atoms with Crippen LogP contribution >= 0.6 is 22.9 Å². The van der Waals surface area contributed by atoms with Gasteiger partial charge in [-0.15, -0.1) is 11.3 Å². The molecule has 3 aliphatic rings. The lowest BCUT2D eigenvalue weighted by Crippen LogP contribution is -2.46. The highest BCUT2D eigenvalue weighted by atomic mass is 35.5. The smallest absolute Gasteiger partial charge is 0.345 e. The highest BCUT2D eigenvalue weighted by Gasteiger charge is 2.30. The lowest BCUT2D eigenvalue weighted by Gasteiger charge is -2.34. The molecule has 4 aromatic carbocycles. The number of halogens is 2. The number of piperazine rings is 1. The number of carbonyl (C=O) groups is 1. The van der Waals surface area contributed by atoms with Gasteiger partial charge in [0.15, 0.2) is 15.7 Å². The molecule has 2 atom stereocenters. The van der Waals surface area contributed by atoms with E-state index in [2.05, 4.69) is 36.8 Å². The van der Waals surface area contributed by atoms with Gasteiger partial charge in [0.05, 0.1) is 22.6 Å². The molecule has 3 aliphatic heterocycles. The number of aliphatic carboxylic acids is 1. The van der Waals surface area contributed by atoms with Crippen molar-refractivity contribution in [3.05, 3.63) is 131 Å². The summed E-state index contributed by atoms with van der Waals surface area (Å²) in [4.78, 5) is 37.6. The van der Waals surface area contributed by atoms with Crippen LogP contribution in [-0.2, 0) is 34.1 Å². The molecule has 10 rings (SSSR count). The molecule has 17 heteroatoms. The minimum absolute atomic E-state index is 0.0258. The van der Waals surface area contributed by atoms with Gasteiger partial charge in [-0.25, -0.2) is 37.5 Å². The molecule has 0 amide bonds. The van der Waals surface area contributed by atoms with Crippen molar-refractivity contribution < 1.29 is 36.9 Å². The van der Waals surface area contributed by atoms with Gasteiger partial charge in [0.1, 0.15) is 35.1 Å². The zero-order chi connectivity index (χ0) is 46.1. The fourth-order valence-electron chi connectivity index (χ4n) is 8.52. The van der Waals surface area contributed by atoms with Gasteiger partial charge in [0, 0.05) is 84.1 Å². The third kappa shape index (κ3) is 9.74. The first-order valence-electron chi connectivity index (χ1n) is 21.4. The van der Waals surface area contributed by atoms with Crippen LogP contribution < -0.4 is 14.2 Å². The van der Waals surface area contributed by atoms with Gasteiger partial charge in [-0.1, -0.05) is 48.0 Å². The van der Waals surface area contributed by atoms with E-state index in [4.69, 9.17) is 25.8 Å². The Morgan fingerprint density at radius 3 is 2.52 bits per heavy atom. The number of likely N-dealkylation sites (N-methyl/N-ethyl adjacent to an activating group) is 1. The largest absolute Gasteiger partial charge is 0.493 e. The van der Waals surface area contributed by atoms with Crippen molar-refractivity contribution in [2.75, 3.05) is 52.6 Å². The first-order valence-corrected chi connectivity index (χ1v) is 24.5. The average molecular weight is 950 g/mol. The van der Waals surface area contributed by atoms with Crippen LogP contribution in [0.2, 0.25) is 5.02 Å². The lowest BCUT2D eigenvalue weighted by atomic mass is 9.91. The van der Waals surface area contributed by atoms with Crippen LogP contribution in [0.1, 0.15) is 22.4 Å². The van der Waals surface area contributed by atoms with Crippen molar-refractivity contribution in [1.29, 1.82) is 0 Å². The lowest BCUT2D eigenvalue weighted by molar-refractivity contribution is -0.145. The Bertz CT molecular complexity index is 3060. The standard InChI is InChI=1S/C49H46ClFN6O7S2/c1-29-37-14-10-32(44(29)50)22-30(25-57-20-18-56(2)19-21-57)26-62-36-13-15-39(63-27-35-16-17-52-46(55-35)38-6-4-5-7-41(38)66(3,60)61)33(23-36)24-40(49(58)59)64-47-43-42(37)45(65-48(43)54-28-53-47)31-8-11-34(51)12-9-31/h4-17,23,28,30,40H,18-22,24-27H2,1-3H3,(H,58,59)/t30-,40+/m0/s1. The molecule has 6 heterocycles. The molecule has 7 aromatic rings. The Hall–Kier alpha value is -6.04. The number of nitrogens with zero attached hydrogens (tertiary/aromatic N) is 6. The number of fused-ring (bicyclic) bond motifs is 7. The molecule has 1 N–H and O–H groups in total. The van der Waals surface area contributed by atoms with E-state index in [1.165, 1.54) is 42.1 Å². The van der Waals surface area contributed by atoms with E-state index in [1.807, 2.05) is 19.1 Å². The van der Waals surface area contributed by atoms with Crippen LogP contribution in [0.3, 0.4) is 0 Å². The van der Waals surface area contributed by atoms with E-state index < -0.39 is 21.9 Å². The number of ether oxygens (including phenoxy) is 3. The van der Waals surface area contributed by atoms with Crippen molar-refractivity contribution in [1.82, 2.24) is 29.7 Å². The first-order chi connectivity index (χ1) is 31.8. The van der Waals surface area contributed by atoms with Gasteiger partial charge in [-0.2, -0.15) is 0 Å². The summed E-state index contributed by atoms with van der Waals surface area (Å²) >= 11 is 8.72. The minimum atomic E-state index is -3.58. The molecule has 0 saturated carbocycles. The average Bonchev–Trinajstić information content (AvgIpc) is 3.70. The van der Waals surface area contributed by atoms with Crippen molar-refractivity contribution >= 4 is 49.0 Å². The number of thiophene rings is 1. The maximum atomic E-state index is 14.3. The number of hydrogen-bond donors (Lipinski definition) is 1. The molecule has 1 fully saturated rings. The number of hydrogen-bond acceptors (Lipinski definition) is 13. The molecule has 13 nitrogen and oxygen atoms in total. The monoisotopic (exact) mass is 948 g/mol. The quantitative estimate of drug-likeness (QED) is 0.147. The van der Waals surface area contributed by atoms with Gasteiger partial charge in [-0.3, -0.25) is 0 Å². The van der Waals surface area contributed by atoms with Crippen LogP contribution in [-0.4, -0.2) is 108 Å². The maximum Gasteiger partial charge on any atom is 0.345 e. The van der Waals surface area contributed by atoms with Crippen molar-refractivity contribution in [3.8, 4) is 50.3 Å². The Balaban J connectivity index is 1.13. The molecule has 0 radical (unpaired) electrons. The summed E-state index contributed by atoms with van der Waals surface area (Å²) in [5.41, 5.74) is 5.31. The summed E-state index contributed by atoms with van der Waals surface area (Å²) in [5.74, 6) is -0.443. The predicted octanol–water partition coefficient (Wildman–Crippen LogP) is 8.44. The molecule has 340 valence electrons. The summed E-state index contributed by atoms with van der Waals surface area (Å²) in [7, 11) is -1.45. The molecule has 0 aliphatic carbocycles. The van der Waals surface area contributed by atoms with Crippen LogP contribution in [0.5, 0.6) is 17.4 Å². The third-order valence-corrected chi connectivity index (χ3v) is 14.8. The maximum absolute atomic E-state index is 14.3. The highest BCUT2D eigenvalue weighted by Crippen LogP contribution is 2.49. The molecular formula is C49H46ClFN6O7S2. The van der Waals surface area contributed by atoms with Crippen molar-refractivity contribution in [2.24, 2.45) is 5.92 Å². The van der Waals surface area contributed by atoms with Crippen molar-refractivity contribution in [2.45, 2.75) is 37.4 Å². The van der Waals surface area contributed by atoms with Gasteiger partial charge >= 0.3 is 5.97 Å². The SMILES string of the molecule is Cc1c2ccc(c1Cl)C[C@@H](CN1CCN(C)CC1)COc1ccc(OCc3ccnc(-c4ccccc4S(C)(=O)=O)n3)c(c1)C[C@H](C(=O)O)Oc1ncnc3sc(-c4ccc(F)cc4)c-2c13. The Labute approximate surface area is 390 Å². The van der Waals surface area contributed by atoms with Crippen LogP contribution in [0.25, 0.3) is 43.2 Å². The Morgan fingerprint density at radius 2 is 1.74 bits per heavy atom. The Morgan fingerprint density at radius 1 is 0.955 bits per heavy atom. The molecule has 3 aromatic heterocycles. The summed E-state index contributed by atoms with van der Waals surface area (Å²) in [6.07, 6.45) is 3.02. The zero-order valence-electron chi connectivity index (χ0n) is 36.4. The van der Waals surface area contributed by atoms with E-state index in [0.29, 0.717) is 62.2 Å².